The molecule has 2 saturated heterocycles. The SMILES string of the molecule is NCC1(C(F)F)CCN(Cc2cccc3c2CN(C2CCC(=O)NC2=O)C3=O)C1. The molecule has 0 saturated carbocycles. The van der Waals surface area contributed by atoms with Gasteiger partial charge in [0.25, 0.3) is 5.91 Å². The summed E-state index contributed by atoms with van der Waals surface area (Å²) in [7, 11) is 0. The average Bonchev–Trinajstić information content (AvgIpc) is 3.25. The Morgan fingerprint density at radius 1 is 1.28 bits per heavy atom. The van der Waals surface area contributed by atoms with Gasteiger partial charge in [0, 0.05) is 38.2 Å². The number of carbonyl (C=O) groups excluding carboxylic acids is 3. The second-order valence-electron chi connectivity index (χ2n) is 8.17. The molecule has 3 aliphatic rings. The van der Waals surface area contributed by atoms with Gasteiger partial charge in [-0.2, -0.15) is 0 Å². The maximum absolute atomic E-state index is 13.5. The van der Waals surface area contributed by atoms with Gasteiger partial charge in [-0.15, -0.1) is 0 Å². The van der Waals surface area contributed by atoms with Crippen LogP contribution in [0.5, 0.6) is 0 Å². The van der Waals surface area contributed by atoms with Gasteiger partial charge < -0.3 is 10.6 Å². The summed E-state index contributed by atoms with van der Waals surface area (Å²) < 4.78 is 27.0. The zero-order valence-corrected chi connectivity index (χ0v) is 16.0. The topological polar surface area (TPSA) is 95.7 Å². The molecule has 1 aromatic rings. The van der Waals surface area contributed by atoms with Crippen LogP contribution in [0.25, 0.3) is 0 Å². The number of nitrogens with two attached hydrogens (primary N) is 1. The fourth-order valence-electron chi connectivity index (χ4n) is 4.59. The van der Waals surface area contributed by atoms with Gasteiger partial charge in [-0.1, -0.05) is 12.1 Å². The molecule has 2 unspecified atom stereocenters. The van der Waals surface area contributed by atoms with Gasteiger partial charge in [-0.25, -0.2) is 8.78 Å². The molecule has 0 spiro atoms. The predicted octanol–water partition coefficient (Wildman–Crippen LogP) is 0.863. The zero-order chi connectivity index (χ0) is 20.8. The van der Waals surface area contributed by atoms with Crippen LogP contribution in [0.3, 0.4) is 0 Å². The minimum atomic E-state index is -2.47. The molecule has 1 aromatic carbocycles. The largest absolute Gasteiger partial charge is 0.330 e. The van der Waals surface area contributed by atoms with Crippen LogP contribution in [-0.2, 0) is 22.7 Å². The molecule has 0 aromatic heterocycles. The molecular weight excluding hydrogens is 382 g/mol. The Bertz CT molecular complexity index is 862. The Hall–Kier alpha value is -2.39. The molecular formula is C20H24F2N4O3. The summed E-state index contributed by atoms with van der Waals surface area (Å²) in [6.45, 7) is 1.41. The van der Waals surface area contributed by atoms with Crippen molar-refractivity contribution in [3.8, 4) is 0 Å². The second-order valence-corrected chi connectivity index (χ2v) is 8.17. The molecule has 3 aliphatic heterocycles. The number of likely N-dealkylation sites (tertiary alicyclic amines) is 1. The number of imide groups is 1. The van der Waals surface area contributed by atoms with Crippen LogP contribution in [0, 0.1) is 5.41 Å². The van der Waals surface area contributed by atoms with Crippen LogP contribution < -0.4 is 11.1 Å². The monoisotopic (exact) mass is 406 g/mol. The fraction of sp³-hybridized carbons (Fsp3) is 0.550. The third-order valence-corrected chi connectivity index (χ3v) is 6.41. The summed E-state index contributed by atoms with van der Waals surface area (Å²) in [6, 6.07) is 4.72. The van der Waals surface area contributed by atoms with E-state index in [1.54, 1.807) is 12.1 Å². The Morgan fingerprint density at radius 2 is 2.07 bits per heavy atom. The summed E-state index contributed by atoms with van der Waals surface area (Å²) in [4.78, 5) is 39.9. The van der Waals surface area contributed by atoms with Gasteiger partial charge in [-0.05, 0) is 36.6 Å². The van der Waals surface area contributed by atoms with E-state index >= 15 is 0 Å². The number of nitrogens with one attached hydrogen (secondary N) is 1. The molecule has 3 amide bonds. The van der Waals surface area contributed by atoms with E-state index in [0.29, 0.717) is 31.5 Å². The van der Waals surface area contributed by atoms with Crippen molar-refractivity contribution in [2.24, 2.45) is 11.1 Å². The van der Waals surface area contributed by atoms with E-state index in [9.17, 15) is 23.2 Å². The van der Waals surface area contributed by atoms with Crippen molar-refractivity contribution in [2.45, 2.75) is 44.8 Å². The van der Waals surface area contributed by atoms with Crippen molar-refractivity contribution in [1.82, 2.24) is 15.1 Å². The normalized spacial score (nSPS) is 27.7. The lowest BCUT2D eigenvalue weighted by atomic mass is 9.88. The van der Waals surface area contributed by atoms with Gasteiger partial charge in [0.1, 0.15) is 6.04 Å². The minimum absolute atomic E-state index is 0.0597. The van der Waals surface area contributed by atoms with Crippen molar-refractivity contribution in [3.05, 3.63) is 34.9 Å². The zero-order valence-electron chi connectivity index (χ0n) is 16.0. The number of fused-ring (bicyclic) bond motifs is 1. The number of piperidine rings is 1. The number of hydrogen-bond donors (Lipinski definition) is 2. The molecule has 7 nitrogen and oxygen atoms in total. The molecule has 156 valence electrons. The van der Waals surface area contributed by atoms with E-state index in [0.717, 1.165) is 11.1 Å². The average molecular weight is 406 g/mol. The van der Waals surface area contributed by atoms with E-state index in [1.807, 2.05) is 11.0 Å². The number of hydrogen-bond acceptors (Lipinski definition) is 5. The Kier molecular flexibility index (Phi) is 5.12. The predicted molar refractivity (Wildman–Crippen MR) is 99.9 cm³/mol. The van der Waals surface area contributed by atoms with E-state index in [2.05, 4.69) is 5.32 Å². The van der Waals surface area contributed by atoms with Crippen molar-refractivity contribution in [3.63, 3.8) is 0 Å². The highest BCUT2D eigenvalue weighted by Crippen LogP contribution is 2.37. The first kappa shape index (κ1) is 19.9. The summed E-state index contributed by atoms with van der Waals surface area (Å²) in [6.07, 6.45) is -1.62. The first-order valence-electron chi connectivity index (χ1n) is 9.80. The highest BCUT2D eigenvalue weighted by Gasteiger charge is 2.45. The quantitative estimate of drug-likeness (QED) is 0.708. The van der Waals surface area contributed by atoms with Gasteiger partial charge in [0.05, 0.1) is 5.41 Å². The lowest BCUT2D eigenvalue weighted by molar-refractivity contribution is -0.136. The summed E-state index contributed by atoms with van der Waals surface area (Å²) in [5, 5.41) is 2.29. The number of benzene rings is 1. The molecule has 4 rings (SSSR count). The molecule has 0 radical (unpaired) electrons. The first-order valence-corrected chi connectivity index (χ1v) is 9.80. The lowest BCUT2D eigenvalue weighted by Gasteiger charge is -2.29. The van der Waals surface area contributed by atoms with Gasteiger partial charge in [0.15, 0.2) is 0 Å². The maximum atomic E-state index is 13.5. The maximum Gasteiger partial charge on any atom is 0.255 e. The van der Waals surface area contributed by atoms with E-state index in [-0.39, 0.29) is 37.9 Å². The van der Waals surface area contributed by atoms with E-state index in [4.69, 9.17) is 5.73 Å². The van der Waals surface area contributed by atoms with Crippen LogP contribution in [0.4, 0.5) is 8.78 Å². The molecule has 0 bridgehead atoms. The number of halogens is 2. The molecule has 2 fully saturated rings. The van der Waals surface area contributed by atoms with Crippen LogP contribution in [0.15, 0.2) is 18.2 Å². The van der Waals surface area contributed by atoms with Crippen molar-refractivity contribution in [2.75, 3.05) is 19.6 Å². The van der Waals surface area contributed by atoms with Crippen molar-refractivity contribution in [1.29, 1.82) is 0 Å². The van der Waals surface area contributed by atoms with E-state index in [1.165, 1.54) is 4.90 Å². The van der Waals surface area contributed by atoms with Crippen LogP contribution in [-0.4, -0.2) is 59.6 Å². The Balaban J connectivity index is 1.52. The molecule has 9 heteroatoms. The summed E-state index contributed by atoms with van der Waals surface area (Å²) >= 11 is 0. The van der Waals surface area contributed by atoms with Crippen LogP contribution >= 0.6 is 0 Å². The number of nitrogens with zero attached hydrogens (tertiary/aromatic N) is 2. The van der Waals surface area contributed by atoms with E-state index < -0.39 is 23.8 Å². The van der Waals surface area contributed by atoms with Gasteiger partial charge in [0.2, 0.25) is 18.2 Å². The third kappa shape index (κ3) is 3.42. The molecule has 3 N–H and O–H groups in total. The van der Waals surface area contributed by atoms with Crippen molar-refractivity contribution < 1.29 is 23.2 Å². The number of carbonyl (C=O) groups is 3. The molecule has 2 atom stereocenters. The van der Waals surface area contributed by atoms with Crippen LogP contribution in [0.1, 0.15) is 40.7 Å². The highest BCUT2D eigenvalue weighted by atomic mass is 19.3. The Morgan fingerprint density at radius 3 is 2.72 bits per heavy atom. The van der Waals surface area contributed by atoms with Crippen LogP contribution in [0.2, 0.25) is 0 Å². The number of alkyl halides is 2. The number of rotatable bonds is 5. The second kappa shape index (κ2) is 7.46. The van der Waals surface area contributed by atoms with Gasteiger partial charge >= 0.3 is 0 Å². The first-order chi connectivity index (χ1) is 13.8. The smallest absolute Gasteiger partial charge is 0.255 e. The summed E-state index contributed by atoms with van der Waals surface area (Å²) in [5.74, 6) is -1.01. The molecule has 29 heavy (non-hydrogen) atoms. The standard InChI is InChI=1S/C20H24F2N4O3/c21-19(22)20(10-23)6-7-25(11-20)8-12-2-1-3-13-14(12)9-26(18(13)29)15-4-5-16(27)24-17(15)28/h1-3,15,19H,4-11,23H2,(H,24,27,28). The van der Waals surface area contributed by atoms with Gasteiger partial charge in [-0.3, -0.25) is 24.6 Å². The lowest BCUT2D eigenvalue weighted by Crippen LogP contribution is -2.52. The molecule has 3 heterocycles. The molecule has 0 aliphatic carbocycles. The highest BCUT2D eigenvalue weighted by molar-refractivity contribution is 6.05. The third-order valence-electron chi connectivity index (χ3n) is 6.41. The Labute approximate surface area is 167 Å². The van der Waals surface area contributed by atoms with Crippen molar-refractivity contribution >= 4 is 17.7 Å². The minimum Gasteiger partial charge on any atom is -0.330 e. The fourth-order valence-corrected chi connectivity index (χ4v) is 4.59. The number of amides is 3. The summed E-state index contributed by atoms with van der Waals surface area (Å²) in [5.41, 5.74) is 6.72.